The molecule has 0 aliphatic carbocycles. The number of pyridine rings is 1. The molecule has 0 fully saturated rings. The van der Waals surface area contributed by atoms with E-state index in [0.29, 0.717) is 12.0 Å². The number of amides is 1. The second kappa shape index (κ2) is 3.80. The highest BCUT2D eigenvalue weighted by Gasteiger charge is 2.02. The lowest BCUT2D eigenvalue weighted by Gasteiger charge is -1.98. The number of rotatable bonds is 3. The first-order valence-corrected chi connectivity index (χ1v) is 3.57. The van der Waals surface area contributed by atoms with Gasteiger partial charge in [-0.05, 0) is 18.1 Å². The molecule has 3 nitrogen and oxygen atoms in total. The van der Waals surface area contributed by atoms with E-state index in [0.717, 1.165) is 6.20 Å². The van der Waals surface area contributed by atoms with Crippen LogP contribution in [-0.4, -0.2) is 10.9 Å². The Morgan fingerprint density at radius 3 is 3.00 bits per heavy atom. The summed E-state index contributed by atoms with van der Waals surface area (Å²) in [5, 5.41) is 0. The summed E-state index contributed by atoms with van der Waals surface area (Å²) in [6.45, 7) is 0. The highest BCUT2D eigenvalue weighted by atomic mass is 19.1. The Kier molecular flexibility index (Phi) is 2.74. The van der Waals surface area contributed by atoms with Crippen molar-refractivity contribution in [2.24, 2.45) is 5.73 Å². The van der Waals surface area contributed by atoms with E-state index in [1.807, 2.05) is 0 Å². The van der Waals surface area contributed by atoms with Gasteiger partial charge in [0.25, 0.3) is 0 Å². The predicted molar refractivity (Wildman–Crippen MR) is 41.7 cm³/mol. The molecule has 0 bridgehead atoms. The van der Waals surface area contributed by atoms with Gasteiger partial charge in [-0.3, -0.25) is 9.78 Å². The van der Waals surface area contributed by atoms with Crippen molar-refractivity contribution in [1.82, 2.24) is 4.98 Å². The normalized spacial score (nSPS) is 9.75. The second-order valence-corrected chi connectivity index (χ2v) is 2.43. The predicted octanol–water partition coefficient (Wildman–Crippen LogP) is 0.639. The minimum Gasteiger partial charge on any atom is -0.370 e. The molecular formula is C8H9FN2O. The molecule has 0 radical (unpaired) electrons. The summed E-state index contributed by atoms with van der Waals surface area (Å²) in [7, 11) is 0. The number of carbonyl (C=O) groups is 1. The van der Waals surface area contributed by atoms with Gasteiger partial charge in [0.1, 0.15) is 5.82 Å². The van der Waals surface area contributed by atoms with Crippen molar-refractivity contribution in [1.29, 1.82) is 0 Å². The third-order valence-electron chi connectivity index (χ3n) is 1.50. The Balaban J connectivity index is 2.63. The van der Waals surface area contributed by atoms with Crippen LogP contribution in [0.15, 0.2) is 18.5 Å². The molecule has 1 heterocycles. The van der Waals surface area contributed by atoms with Gasteiger partial charge in [0.2, 0.25) is 5.91 Å². The summed E-state index contributed by atoms with van der Waals surface area (Å²) in [6.07, 6.45) is 3.11. The molecule has 2 N–H and O–H groups in total. The maximum atomic E-state index is 12.8. The molecular weight excluding hydrogens is 159 g/mol. The molecule has 1 amide bonds. The quantitative estimate of drug-likeness (QED) is 0.720. The lowest BCUT2D eigenvalue weighted by molar-refractivity contribution is -0.117. The van der Waals surface area contributed by atoms with Crippen LogP contribution in [0.3, 0.4) is 0 Å². The maximum Gasteiger partial charge on any atom is 0.217 e. The molecule has 1 aromatic heterocycles. The smallest absolute Gasteiger partial charge is 0.217 e. The van der Waals surface area contributed by atoms with Gasteiger partial charge < -0.3 is 5.73 Å². The zero-order chi connectivity index (χ0) is 8.97. The molecule has 0 aliphatic heterocycles. The van der Waals surface area contributed by atoms with E-state index in [4.69, 9.17) is 5.73 Å². The van der Waals surface area contributed by atoms with Gasteiger partial charge in [-0.1, -0.05) is 0 Å². The SMILES string of the molecule is NC(=O)CCc1ccncc1F. The fourth-order valence-corrected chi connectivity index (χ4v) is 0.865. The van der Waals surface area contributed by atoms with Crippen LogP contribution in [0, 0.1) is 5.82 Å². The Labute approximate surface area is 69.4 Å². The van der Waals surface area contributed by atoms with Crippen LogP contribution in [0.5, 0.6) is 0 Å². The average molecular weight is 168 g/mol. The van der Waals surface area contributed by atoms with Gasteiger partial charge in [-0.2, -0.15) is 0 Å². The Hall–Kier alpha value is -1.45. The minimum atomic E-state index is -0.425. The molecule has 12 heavy (non-hydrogen) atoms. The monoisotopic (exact) mass is 168 g/mol. The van der Waals surface area contributed by atoms with E-state index in [-0.39, 0.29) is 6.42 Å². The molecule has 0 saturated carbocycles. The van der Waals surface area contributed by atoms with Crippen LogP contribution in [0.4, 0.5) is 4.39 Å². The Morgan fingerprint density at radius 2 is 2.42 bits per heavy atom. The number of nitrogens with two attached hydrogens (primary N) is 1. The number of primary amides is 1. The van der Waals surface area contributed by atoms with Crippen LogP contribution in [-0.2, 0) is 11.2 Å². The third kappa shape index (κ3) is 2.30. The van der Waals surface area contributed by atoms with E-state index in [9.17, 15) is 9.18 Å². The first-order valence-electron chi connectivity index (χ1n) is 3.57. The van der Waals surface area contributed by atoms with E-state index in [1.165, 1.54) is 12.3 Å². The fourth-order valence-electron chi connectivity index (χ4n) is 0.865. The average Bonchev–Trinajstić information content (AvgIpc) is 2.03. The number of hydrogen-bond donors (Lipinski definition) is 1. The number of halogens is 1. The number of carbonyl (C=O) groups excluding carboxylic acids is 1. The van der Waals surface area contributed by atoms with Gasteiger partial charge in [0.15, 0.2) is 0 Å². The number of hydrogen-bond acceptors (Lipinski definition) is 2. The first kappa shape index (κ1) is 8.64. The van der Waals surface area contributed by atoms with Gasteiger partial charge in [0.05, 0.1) is 6.20 Å². The molecule has 0 aliphatic rings. The Morgan fingerprint density at radius 1 is 1.67 bits per heavy atom. The molecule has 64 valence electrons. The van der Waals surface area contributed by atoms with Crippen molar-refractivity contribution in [3.8, 4) is 0 Å². The van der Waals surface area contributed by atoms with Crippen molar-refractivity contribution in [2.75, 3.05) is 0 Å². The molecule has 0 saturated heterocycles. The van der Waals surface area contributed by atoms with Gasteiger partial charge in [-0.15, -0.1) is 0 Å². The maximum absolute atomic E-state index is 12.8. The molecule has 0 atom stereocenters. The van der Waals surface area contributed by atoms with E-state index in [2.05, 4.69) is 4.98 Å². The summed E-state index contributed by atoms with van der Waals surface area (Å²) in [5.41, 5.74) is 5.39. The highest BCUT2D eigenvalue weighted by molar-refractivity contribution is 5.73. The van der Waals surface area contributed by atoms with Crippen molar-refractivity contribution in [2.45, 2.75) is 12.8 Å². The van der Waals surface area contributed by atoms with Crippen molar-refractivity contribution < 1.29 is 9.18 Å². The molecule has 0 aromatic carbocycles. The highest BCUT2D eigenvalue weighted by Crippen LogP contribution is 2.06. The van der Waals surface area contributed by atoms with Gasteiger partial charge in [-0.25, -0.2) is 4.39 Å². The first-order chi connectivity index (χ1) is 5.70. The lowest BCUT2D eigenvalue weighted by Crippen LogP contribution is -2.11. The number of aryl methyl sites for hydroxylation is 1. The van der Waals surface area contributed by atoms with Crippen molar-refractivity contribution >= 4 is 5.91 Å². The number of aromatic nitrogens is 1. The summed E-state index contributed by atoms with van der Waals surface area (Å²) in [4.78, 5) is 13.9. The fraction of sp³-hybridized carbons (Fsp3) is 0.250. The summed E-state index contributed by atoms with van der Waals surface area (Å²) in [5.74, 6) is -0.815. The van der Waals surface area contributed by atoms with E-state index < -0.39 is 11.7 Å². The van der Waals surface area contributed by atoms with Crippen molar-refractivity contribution in [3.05, 3.63) is 29.8 Å². The van der Waals surface area contributed by atoms with E-state index >= 15 is 0 Å². The summed E-state index contributed by atoms with van der Waals surface area (Å²) in [6, 6.07) is 1.54. The van der Waals surface area contributed by atoms with Gasteiger partial charge >= 0.3 is 0 Å². The second-order valence-electron chi connectivity index (χ2n) is 2.43. The topological polar surface area (TPSA) is 56.0 Å². The lowest BCUT2D eigenvalue weighted by atomic mass is 10.1. The minimum absolute atomic E-state index is 0.168. The zero-order valence-electron chi connectivity index (χ0n) is 6.46. The van der Waals surface area contributed by atoms with Crippen molar-refractivity contribution in [3.63, 3.8) is 0 Å². The Bertz CT molecular complexity index is 288. The van der Waals surface area contributed by atoms with Crippen LogP contribution in [0.1, 0.15) is 12.0 Å². The van der Waals surface area contributed by atoms with Crippen LogP contribution >= 0.6 is 0 Å². The van der Waals surface area contributed by atoms with Crippen LogP contribution in [0.25, 0.3) is 0 Å². The summed E-state index contributed by atoms with van der Waals surface area (Å²) < 4.78 is 12.8. The largest absolute Gasteiger partial charge is 0.370 e. The van der Waals surface area contributed by atoms with Crippen LogP contribution in [0.2, 0.25) is 0 Å². The van der Waals surface area contributed by atoms with Crippen LogP contribution < -0.4 is 5.73 Å². The molecule has 1 rings (SSSR count). The number of nitrogens with zero attached hydrogens (tertiary/aromatic N) is 1. The molecule has 0 unspecified atom stereocenters. The standard InChI is InChI=1S/C8H9FN2O/c9-7-5-11-4-3-6(7)1-2-8(10)12/h3-5H,1-2H2,(H2,10,12). The molecule has 1 aromatic rings. The van der Waals surface area contributed by atoms with Gasteiger partial charge in [0, 0.05) is 12.6 Å². The molecule has 0 spiro atoms. The zero-order valence-corrected chi connectivity index (χ0v) is 6.46. The summed E-state index contributed by atoms with van der Waals surface area (Å²) >= 11 is 0. The van der Waals surface area contributed by atoms with E-state index in [1.54, 1.807) is 0 Å². The molecule has 4 heteroatoms. The third-order valence-corrected chi connectivity index (χ3v) is 1.50.